The standard InChI is InChI=1S/C15H24N2O/c1-13(9-11-16)7-8-15(18)17-12-10-14-5-3-2-4-6-14/h2-6,13H,7-12,16H2,1H3,(H,17,18). The lowest BCUT2D eigenvalue weighted by Crippen LogP contribution is -2.26. The molecule has 0 bridgehead atoms. The lowest BCUT2D eigenvalue weighted by molar-refractivity contribution is -0.121. The van der Waals surface area contributed by atoms with Crippen LogP contribution in [-0.2, 0) is 11.2 Å². The number of hydrogen-bond donors (Lipinski definition) is 2. The summed E-state index contributed by atoms with van der Waals surface area (Å²) in [5, 5.41) is 2.96. The van der Waals surface area contributed by atoms with Crippen LogP contribution >= 0.6 is 0 Å². The Kier molecular flexibility index (Phi) is 7.11. The summed E-state index contributed by atoms with van der Waals surface area (Å²) in [4.78, 5) is 11.6. The van der Waals surface area contributed by atoms with E-state index in [1.807, 2.05) is 18.2 Å². The van der Waals surface area contributed by atoms with Crippen LogP contribution in [-0.4, -0.2) is 19.0 Å². The summed E-state index contributed by atoms with van der Waals surface area (Å²) in [6.45, 7) is 3.56. The van der Waals surface area contributed by atoms with Crippen LogP contribution in [0.4, 0.5) is 0 Å². The highest BCUT2D eigenvalue weighted by atomic mass is 16.1. The van der Waals surface area contributed by atoms with E-state index in [0.29, 0.717) is 25.4 Å². The molecule has 1 aromatic carbocycles. The molecular formula is C15H24N2O. The number of amides is 1. The maximum Gasteiger partial charge on any atom is 0.220 e. The molecule has 0 spiro atoms. The number of carbonyl (C=O) groups excluding carboxylic acids is 1. The van der Waals surface area contributed by atoms with E-state index < -0.39 is 0 Å². The minimum absolute atomic E-state index is 0.148. The van der Waals surface area contributed by atoms with Crippen molar-refractivity contribution >= 4 is 5.91 Å². The maximum absolute atomic E-state index is 11.6. The first-order valence-electron chi connectivity index (χ1n) is 6.73. The predicted octanol–water partition coefficient (Wildman–Crippen LogP) is 2.11. The molecule has 3 N–H and O–H groups in total. The van der Waals surface area contributed by atoms with Crippen molar-refractivity contribution in [1.82, 2.24) is 5.32 Å². The van der Waals surface area contributed by atoms with Gasteiger partial charge in [-0.05, 0) is 37.3 Å². The molecule has 1 amide bonds. The van der Waals surface area contributed by atoms with Gasteiger partial charge in [0.15, 0.2) is 0 Å². The van der Waals surface area contributed by atoms with Crippen molar-refractivity contribution in [3.05, 3.63) is 35.9 Å². The van der Waals surface area contributed by atoms with Gasteiger partial charge >= 0.3 is 0 Å². The summed E-state index contributed by atoms with van der Waals surface area (Å²) in [6, 6.07) is 10.2. The zero-order valence-corrected chi connectivity index (χ0v) is 11.2. The average Bonchev–Trinajstić information content (AvgIpc) is 2.38. The second-order valence-electron chi connectivity index (χ2n) is 4.81. The molecule has 0 fully saturated rings. The Bertz CT molecular complexity index is 338. The molecule has 1 rings (SSSR count). The molecule has 0 heterocycles. The van der Waals surface area contributed by atoms with Crippen LogP contribution in [0.15, 0.2) is 30.3 Å². The van der Waals surface area contributed by atoms with Gasteiger partial charge in [0.05, 0.1) is 0 Å². The van der Waals surface area contributed by atoms with Gasteiger partial charge < -0.3 is 11.1 Å². The van der Waals surface area contributed by atoms with E-state index in [0.717, 1.165) is 19.3 Å². The summed E-state index contributed by atoms with van der Waals surface area (Å²) >= 11 is 0. The molecular weight excluding hydrogens is 224 g/mol. The molecule has 0 saturated carbocycles. The number of hydrogen-bond acceptors (Lipinski definition) is 2. The third kappa shape index (κ3) is 6.40. The minimum atomic E-state index is 0.148. The Balaban J connectivity index is 2.10. The zero-order chi connectivity index (χ0) is 13.2. The first kappa shape index (κ1) is 14.7. The number of nitrogens with one attached hydrogen (secondary N) is 1. The highest BCUT2D eigenvalue weighted by Crippen LogP contribution is 2.08. The van der Waals surface area contributed by atoms with Gasteiger partial charge in [0.25, 0.3) is 0 Å². The van der Waals surface area contributed by atoms with Crippen molar-refractivity contribution in [1.29, 1.82) is 0 Å². The smallest absolute Gasteiger partial charge is 0.220 e. The lowest BCUT2D eigenvalue weighted by Gasteiger charge is -2.09. The third-order valence-electron chi connectivity index (χ3n) is 3.10. The van der Waals surface area contributed by atoms with Crippen LogP contribution in [0, 0.1) is 5.92 Å². The van der Waals surface area contributed by atoms with E-state index in [4.69, 9.17) is 5.73 Å². The molecule has 0 aliphatic heterocycles. The van der Waals surface area contributed by atoms with E-state index in [1.54, 1.807) is 0 Å². The molecule has 0 saturated heterocycles. The minimum Gasteiger partial charge on any atom is -0.356 e. The molecule has 3 heteroatoms. The molecule has 100 valence electrons. The summed E-state index contributed by atoms with van der Waals surface area (Å²) in [5.74, 6) is 0.685. The highest BCUT2D eigenvalue weighted by molar-refractivity contribution is 5.75. The molecule has 0 radical (unpaired) electrons. The fourth-order valence-corrected chi connectivity index (χ4v) is 1.89. The van der Waals surface area contributed by atoms with Crippen molar-refractivity contribution in [2.75, 3.05) is 13.1 Å². The largest absolute Gasteiger partial charge is 0.356 e. The fraction of sp³-hybridized carbons (Fsp3) is 0.533. The molecule has 0 aliphatic carbocycles. The van der Waals surface area contributed by atoms with Gasteiger partial charge in [-0.15, -0.1) is 0 Å². The van der Waals surface area contributed by atoms with Crippen molar-refractivity contribution in [2.45, 2.75) is 32.6 Å². The SMILES string of the molecule is CC(CCN)CCC(=O)NCCc1ccccc1. The van der Waals surface area contributed by atoms with Crippen LogP contribution in [0.3, 0.4) is 0 Å². The first-order chi connectivity index (χ1) is 8.72. The van der Waals surface area contributed by atoms with Crippen molar-refractivity contribution in [2.24, 2.45) is 11.7 Å². The molecule has 1 unspecified atom stereocenters. The number of carbonyl (C=O) groups is 1. The van der Waals surface area contributed by atoms with Gasteiger partial charge in [-0.25, -0.2) is 0 Å². The Hall–Kier alpha value is -1.35. The lowest BCUT2D eigenvalue weighted by atomic mass is 10.0. The van der Waals surface area contributed by atoms with Crippen LogP contribution in [0.25, 0.3) is 0 Å². The first-order valence-corrected chi connectivity index (χ1v) is 6.73. The van der Waals surface area contributed by atoms with Gasteiger partial charge in [0.2, 0.25) is 5.91 Å². The van der Waals surface area contributed by atoms with Gasteiger partial charge in [0.1, 0.15) is 0 Å². The van der Waals surface area contributed by atoms with Gasteiger partial charge in [-0.2, -0.15) is 0 Å². The number of rotatable bonds is 8. The molecule has 1 atom stereocenters. The molecule has 1 aromatic rings. The topological polar surface area (TPSA) is 55.1 Å². The van der Waals surface area contributed by atoms with Crippen LogP contribution in [0.2, 0.25) is 0 Å². The van der Waals surface area contributed by atoms with Gasteiger partial charge in [-0.1, -0.05) is 37.3 Å². The van der Waals surface area contributed by atoms with E-state index in [2.05, 4.69) is 24.4 Å². The van der Waals surface area contributed by atoms with E-state index in [1.165, 1.54) is 5.56 Å². The van der Waals surface area contributed by atoms with Crippen LogP contribution in [0.1, 0.15) is 31.7 Å². The Morgan fingerprint density at radius 3 is 2.67 bits per heavy atom. The fourth-order valence-electron chi connectivity index (χ4n) is 1.89. The normalized spacial score (nSPS) is 12.1. The quantitative estimate of drug-likeness (QED) is 0.740. The number of nitrogens with two attached hydrogens (primary N) is 1. The van der Waals surface area contributed by atoms with Gasteiger partial charge in [-0.3, -0.25) is 4.79 Å². The summed E-state index contributed by atoms with van der Waals surface area (Å²) < 4.78 is 0. The Labute approximate surface area is 110 Å². The number of benzene rings is 1. The van der Waals surface area contributed by atoms with Crippen molar-refractivity contribution < 1.29 is 4.79 Å². The van der Waals surface area contributed by atoms with Crippen LogP contribution < -0.4 is 11.1 Å². The second-order valence-corrected chi connectivity index (χ2v) is 4.81. The van der Waals surface area contributed by atoms with E-state index >= 15 is 0 Å². The second kappa shape index (κ2) is 8.70. The van der Waals surface area contributed by atoms with E-state index in [-0.39, 0.29) is 5.91 Å². The molecule has 3 nitrogen and oxygen atoms in total. The molecule has 18 heavy (non-hydrogen) atoms. The Morgan fingerprint density at radius 1 is 1.28 bits per heavy atom. The maximum atomic E-state index is 11.6. The molecule has 0 aromatic heterocycles. The third-order valence-corrected chi connectivity index (χ3v) is 3.10. The van der Waals surface area contributed by atoms with Crippen LogP contribution in [0.5, 0.6) is 0 Å². The Morgan fingerprint density at radius 2 is 2.00 bits per heavy atom. The zero-order valence-electron chi connectivity index (χ0n) is 11.2. The summed E-state index contributed by atoms with van der Waals surface area (Å²) in [7, 11) is 0. The average molecular weight is 248 g/mol. The molecule has 0 aliphatic rings. The highest BCUT2D eigenvalue weighted by Gasteiger charge is 2.05. The monoisotopic (exact) mass is 248 g/mol. The van der Waals surface area contributed by atoms with Crippen molar-refractivity contribution in [3.8, 4) is 0 Å². The summed E-state index contributed by atoms with van der Waals surface area (Å²) in [6.07, 6.45) is 3.42. The van der Waals surface area contributed by atoms with Crippen molar-refractivity contribution in [3.63, 3.8) is 0 Å². The van der Waals surface area contributed by atoms with E-state index in [9.17, 15) is 4.79 Å². The summed E-state index contributed by atoms with van der Waals surface area (Å²) in [5.41, 5.74) is 6.74. The predicted molar refractivity (Wildman–Crippen MR) is 75.2 cm³/mol. The van der Waals surface area contributed by atoms with Gasteiger partial charge in [0, 0.05) is 13.0 Å².